The summed E-state index contributed by atoms with van der Waals surface area (Å²) in [4.78, 5) is 21.0. The smallest absolute Gasteiger partial charge is 0.371 e. The number of carboxylic acid groups (broad SMARTS) is 1. The van der Waals surface area contributed by atoms with Gasteiger partial charge in [-0.1, -0.05) is 0 Å². The Kier molecular flexibility index (Phi) is 3.19. The fraction of sp³-hybridized carbons (Fsp3) is 0.0833. The van der Waals surface area contributed by atoms with Gasteiger partial charge in [-0.3, -0.25) is 10.1 Å². The molecule has 0 aliphatic heterocycles. The van der Waals surface area contributed by atoms with Crippen LogP contribution in [-0.2, 0) is 0 Å². The molecule has 0 spiro atoms. The van der Waals surface area contributed by atoms with Crippen LogP contribution in [0.3, 0.4) is 0 Å². The minimum Gasteiger partial charge on any atom is -0.490 e. The lowest BCUT2D eigenvalue weighted by atomic mass is 10.1. The highest BCUT2D eigenvalue weighted by Gasteiger charge is 2.18. The molecule has 1 heterocycles. The molecule has 0 bridgehead atoms. The van der Waals surface area contributed by atoms with E-state index in [1.54, 1.807) is 6.07 Å². The van der Waals surface area contributed by atoms with Gasteiger partial charge in [0.1, 0.15) is 5.76 Å². The van der Waals surface area contributed by atoms with Crippen molar-refractivity contribution in [2.24, 2.45) is 0 Å². The van der Waals surface area contributed by atoms with Gasteiger partial charge in [-0.15, -0.1) is 0 Å². The maximum Gasteiger partial charge on any atom is 0.371 e. The molecule has 19 heavy (non-hydrogen) atoms. The first-order valence-corrected chi connectivity index (χ1v) is 5.19. The second-order valence-electron chi connectivity index (χ2n) is 3.61. The molecular weight excluding hydrogens is 254 g/mol. The largest absolute Gasteiger partial charge is 0.490 e. The van der Waals surface area contributed by atoms with Gasteiger partial charge < -0.3 is 14.3 Å². The molecule has 0 atom stereocenters. The number of nitro benzene ring substituents is 1. The van der Waals surface area contributed by atoms with Gasteiger partial charge in [-0.2, -0.15) is 0 Å². The Labute approximate surface area is 107 Å². The van der Waals surface area contributed by atoms with Crippen LogP contribution in [0, 0.1) is 10.1 Å². The van der Waals surface area contributed by atoms with E-state index >= 15 is 0 Å². The molecule has 0 saturated carbocycles. The van der Waals surface area contributed by atoms with E-state index in [4.69, 9.17) is 14.3 Å². The van der Waals surface area contributed by atoms with Crippen molar-refractivity contribution in [1.82, 2.24) is 0 Å². The molecule has 1 N–H and O–H groups in total. The number of furan rings is 1. The van der Waals surface area contributed by atoms with Crippen molar-refractivity contribution < 1.29 is 24.0 Å². The number of hydrogen-bond donors (Lipinski definition) is 1. The molecule has 7 nitrogen and oxygen atoms in total. The van der Waals surface area contributed by atoms with E-state index in [0.717, 1.165) is 0 Å². The number of methoxy groups -OCH3 is 1. The second kappa shape index (κ2) is 4.81. The molecular formula is C12H9NO6. The van der Waals surface area contributed by atoms with Crippen LogP contribution < -0.4 is 4.74 Å². The summed E-state index contributed by atoms with van der Waals surface area (Å²) in [7, 11) is 1.33. The van der Waals surface area contributed by atoms with Crippen LogP contribution in [0.2, 0.25) is 0 Å². The van der Waals surface area contributed by atoms with Crippen LogP contribution in [0.1, 0.15) is 10.6 Å². The van der Waals surface area contributed by atoms with E-state index in [0.29, 0.717) is 5.56 Å². The number of carbonyl (C=O) groups is 1. The Morgan fingerprint density at radius 3 is 2.63 bits per heavy atom. The van der Waals surface area contributed by atoms with Crippen molar-refractivity contribution in [3.63, 3.8) is 0 Å². The van der Waals surface area contributed by atoms with Gasteiger partial charge in [0.05, 0.1) is 12.0 Å². The van der Waals surface area contributed by atoms with Crippen LogP contribution >= 0.6 is 0 Å². The molecule has 1 aromatic carbocycles. The Hall–Kier alpha value is -2.83. The van der Waals surface area contributed by atoms with Gasteiger partial charge in [0, 0.05) is 11.6 Å². The monoisotopic (exact) mass is 263 g/mol. The zero-order chi connectivity index (χ0) is 14.0. The number of ether oxygens (including phenoxy) is 1. The molecule has 0 saturated heterocycles. The maximum atomic E-state index is 10.9. The van der Waals surface area contributed by atoms with Crippen LogP contribution in [0.5, 0.6) is 5.75 Å². The number of hydrogen-bond acceptors (Lipinski definition) is 5. The Balaban J connectivity index is 2.47. The Morgan fingerprint density at radius 1 is 1.37 bits per heavy atom. The average molecular weight is 263 g/mol. The Morgan fingerprint density at radius 2 is 2.11 bits per heavy atom. The number of rotatable bonds is 4. The standard InChI is InChI=1S/C12H9NO6/c1-18-10-3-2-7(6-8(10)13(16)17)9-4-5-11(19-9)12(14)15/h2-6H,1H3,(H,14,15). The molecule has 0 fully saturated rings. The lowest BCUT2D eigenvalue weighted by molar-refractivity contribution is -0.385. The summed E-state index contributed by atoms with van der Waals surface area (Å²) in [5.41, 5.74) is 0.188. The minimum absolute atomic E-state index is 0.124. The van der Waals surface area contributed by atoms with E-state index in [9.17, 15) is 14.9 Å². The van der Waals surface area contributed by atoms with Crippen LogP contribution in [0.15, 0.2) is 34.7 Å². The Bertz CT molecular complexity index is 645. The lowest BCUT2D eigenvalue weighted by Gasteiger charge is -2.03. The summed E-state index contributed by atoms with van der Waals surface area (Å²) >= 11 is 0. The molecule has 0 unspecified atom stereocenters. The molecule has 2 aromatic rings. The quantitative estimate of drug-likeness (QED) is 0.671. The van der Waals surface area contributed by atoms with Crippen LogP contribution in [-0.4, -0.2) is 23.1 Å². The lowest BCUT2D eigenvalue weighted by Crippen LogP contribution is -1.94. The van der Waals surface area contributed by atoms with Crippen molar-refractivity contribution in [3.8, 4) is 17.1 Å². The third-order valence-corrected chi connectivity index (χ3v) is 2.48. The van der Waals surface area contributed by atoms with E-state index in [1.807, 2.05) is 0 Å². The summed E-state index contributed by atoms with van der Waals surface area (Å²) in [5.74, 6) is -1.07. The molecule has 1 aromatic heterocycles. The normalized spacial score (nSPS) is 10.2. The third kappa shape index (κ3) is 2.39. The molecule has 0 aliphatic carbocycles. The molecule has 0 aliphatic rings. The van der Waals surface area contributed by atoms with Crippen molar-refractivity contribution in [2.45, 2.75) is 0 Å². The first-order chi connectivity index (χ1) is 9.02. The molecule has 7 heteroatoms. The number of nitro groups is 1. The predicted molar refractivity (Wildman–Crippen MR) is 64.3 cm³/mol. The first kappa shape index (κ1) is 12.6. The summed E-state index contributed by atoms with van der Waals surface area (Å²) < 4.78 is 9.95. The zero-order valence-electron chi connectivity index (χ0n) is 9.82. The predicted octanol–water partition coefficient (Wildman–Crippen LogP) is 2.56. The summed E-state index contributed by atoms with van der Waals surface area (Å²) in [6.07, 6.45) is 0. The SMILES string of the molecule is COc1ccc(-c2ccc(C(=O)O)o2)cc1[N+](=O)[O-]. The third-order valence-electron chi connectivity index (χ3n) is 2.48. The van der Waals surface area contributed by atoms with Gasteiger partial charge in [0.25, 0.3) is 0 Å². The van der Waals surface area contributed by atoms with E-state index in [1.165, 1.54) is 31.4 Å². The van der Waals surface area contributed by atoms with Crippen molar-refractivity contribution in [3.05, 3.63) is 46.2 Å². The second-order valence-corrected chi connectivity index (χ2v) is 3.61. The van der Waals surface area contributed by atoms with Gasteiger partial charge in [0.2, 0.25) is 5.76 Å². The summed E-state index contributed by atoms with van der Waals surface area (Å²) in [5, 5.41) is 19.6. The molecule has 2 rings (SSSR count). The highest BCUT2D eigenvalue weighted by molar-refractivity contribution is 5.85. The minimum atomic E-state index is -1.20. The van der Waals surface area contributed by atoms with Crippen LogP contribution in [0.25, 0.3) is 11.3 Å². The van der Waals surface area contributed by atoms with Crippen molar-refractivity contribution in [1.29, 1.82) is 0 Å². The fourth-order valence-electron chi connectivity index (χ4n) is 1.59. The maximum absolute atomic E-state index is 10.9. The zero-order valence-corrected chi connectivity index (χ0v) is 9.82. The molecule has 0 amide bonds. The van der Waals surface area contributed by atoms with Crippen molar-refractivity contribution in [2.75, 3.05) is 7.11 Å². The van der Waals surface area contributed by atoms with Gasteiger partial charge >= 0.3 is 11.7 Å². The van der Waals surface area contributed by atoms with Gasteiger partial charge in [-0.25, -0.2) is 4.79 Å². The topological polar surface area (TPSA) is 103 Å². The van der Waals surface area contributed by atoms with Gasteiger partial charge in [-0.05, 0) is 24.3 Å². The van der Waals surface area contributed by atoms with E-state index in [-0.39, 0.29) is 23.0 Å². The van der Waals surface area contributed by atoms with E-state index in [2.05, 4.69) is 0 Å². The molecule has 0 radical (unpaired) electrons. The van der Waals surface area contributed by atoms with Crippen LogP contribution in [0.4, 0.5) is 5.69 Å². The van der Waals surface area contributed by atoms with Crippen molar-refractivity contribution >= 4 is 11.7 Å². The summed E-state index contributed by atoms with van der Waals surface area (Å²) in [6, 6.07) is 6.97. The number of benzene rings is 1. The number of aromatic carboxylic acids is 1. The highest BCUT2D eigenvalue weighted by atomic mass is 16.6. The fourth-order valence-corrected chi connectivity index (χ4v) is 1.59. The first-order valence-electron chi connectivity index (χ1n) is 5.19. The van der Waals surface area contributed by atoms with E-state index < -0.39 is 10.9 Å². The highest BCUT2D eigenvalue weighted by Crippen LogP contribution is 2.32. The number of nitrogens with zero attached hydrogens (tertiary/aromatic N) is 1. The average Bonchev–Trinajstić information content (AvgIpc) is 2.87. The molecule has 98 valence electrons. The number of carboxylic acids is 1. The summed E-state index contributed by atoms with van der Waals surface area (Å²) in [6.45, 7) is 0. The van der Waals surface area contributed by atoms with Gasteiger partial charge in [0.15, 0.2) is 5.75 Å².